The van der Waals surface area contributed by atoms with Crippen molar-refractivity contribution in [3.63, 3.8) is 0 Å². The van der Waals surface area contributed by atoms with Gasteiger partial charge >= 0.3 is 0 Å². The highest BCUT2D eigenvalue weighted by molar-refractivity contribution is 5.95. The van der Waals surface area contributed by atoms with Gasteiger partial charge in [-0.2, -0.15) is 0 Å². The lowest BCUT2D eigenvalue weighted by Crippen LogP contribution is -2.36. The quantitative estimate of drug-likeness (QED) is 0.440. The fourth-order valence-electron chi connectivity index (χ4n) is 4.19. The molecule has 1 aliphatic rings. The molecule has 4 N–H and O–H groups in total. The van der Waals surface area contributed by atoms with E-state index in [0.717, 1.165) is 48.6 Å². The van der Waals surface area contributed by atoms with Gasteiger partial charge in [0.15, 0.2) is 0 Å². The fourth-order valence-corrected chi connectivity index (χ4v) is 4.19. The van der Waals surface area contributed by atoms with Crippen molar-refractivity contribution >= 4 is 33.9 Å². The number of hydrogen-bond donors (Lipinski definition) is 3. The lowest BCUT2D eigenvalue weighted by Gasteiger charge is -2.30. The number of nitrogens with two attached hydrogens (primary N) is 1. The predicted molar refractivity (Wildman–Crippen MR) is 130 cm³/mol. The summed E-state index contributed by atoms with van der Waals surface area (Å²) in [5.41, 5.74) is 10.8. The van der Waals surface area contributed by atoms with Crippen molar-refractivity contribution in [2.45, 2.75) is 13.8 Å². The van der Waals surface area contributed by atoms with Crippen LogP contribution in [0, 0.1) is 13.8 Å². The Morgan fingerprint density at radius 3 is 2.58 bits per heavy atom. The number of fused-ring (bicyclic) bond motifs is 1. The molecule has 0 bridgehead atoms. The van der Waals surface area contributed by atoms with Gasteiger partial charge in [-0.1, -0.05) is 0 Å². The maximum Gasteiger partial charge on any atom is 0.259 e. The van der Waals surface area contributed by atoms with E-state index >= 15 is 0 Å². The molecule has 0 saturated carbocycles. The smallest absolute Gasteiger partial charge is 0.259 e. The molecule has 0 spiro atoms. The first-order chi connectivity index (χ1) is 16.0. The van der Waals surface area contributed by atoms with Crippen LogP contribution >= 0.6 is 0 Å². The number of nitrogens with one attached hydrogen (secondary N) is 2. The number of morpholine rings is 1. The van der Waals surface area contributed by atoms with Gasteiger partial charge in [-0.3, -0.25) is 4.79 Å². The number of rotatable bonds is 4. The van der Waals surface area contributed by atoms with Crippen LogP contribution in [-0.4, -0.2) is 46.2 Å². The Hall–Kier alpha value is -3.98. The Bertz CT molecular complexity index is 1370. The van der Waals surface area contributed by atoms with Crippen molar-refractivity contribution in [2.24, 2.45) is 0 Å². The van der Waals surface area contributed by atoms with Gasteiger partial charge < -0.3 is 25.7 Å². The van der Waals surface area contributed by atoms with Gasteiger partial charge in [-0.05, 0) is 61.2 Å². The monoisotopic (exact) mass is 443 g/mol. The van der Waals surface area contributed by atoms with E-state index in [4.69, 9.17) is 15.5 Å². The van der Waals surface area contributed by atoms with Crippen molar-refractivity contribution in [1.82, 2.24) is 19.9 Å². The summed E-state index contributed by atoms with van der Waals surface area (Å²) in [5.74, 6) is 0.638. The van der Waals surface area contributed by atoms with Gasteiger partial charge in [-0.25, -0.2) is 15.0 Å². The molecule has 168 valence electrons. The van der Waals surface area contributed by atoms with Crippen molar-refractivity contribution in [3.8, 4) is 11.4 Å². The van der Waals surface area contributed by atoms with E-state index in [1.807, 2.05) is 31.2 Å². The molecule has 0 radical (unpaired) electrons. The minimum atomic E-state index is -0.214. The molecule has 4 aromatic rings. The number of pyridine rings is 2. The molecule has 9 nitrogen and oxygen atoms in total. The summed E-state index contributed by atoms with van der Waals surface area (Å²) in [6.45, 7) is 7.15. The number of hydrogen-bond acceptors (Lipinski definition) is 8. The maximum atomic E-state index is 12.7. The van der Waals surface area contributed by atoms with Crippen LogP contribution in [-0.2, 0) is 4.74 Å². The van der Waals surface area contributed by atoms with Gasteiger partial charge in [0.25, 0.3) is 5.56 Å². The number of nitrogens with zero attached hydrogens (tertiary/aromatic N) is 4. The van der Waals surface area contributed by atoms with Crippen LogP contribution < -0.4 is 21.5 Å². The molecule has 1 aliphatic heterocycles. The molecule has 33 heavy (non-hydrogen) atoms. The maximum absolute atomic E-state index is 12.7. The summed E-state index contributed by atoms with van der Waals surface area (Å²) < 4.78 is 5.47. The SMILES string of the molecule is Cc1cc(-c2cc3cc[nH]c(=O)c3c(Nc3ccc(N4CCOCC4)c(C)c3)n2)nc(N)n1. The van der Waals surface area contributed by atoms with Crippen molar-refractivity contribution in [1.29, 1.82) is 0 Å². The Morgan fingerprint density at radius 1 is 1.03 bits per heavy atom. The topological polar surface area (TPSA) is 122 Å². The van der Waals surface area contributed by atoms with Crippen molar-refractivity contribution in [2.75, 3.05) is 42.3 Å². The lowest BCUT2D eigenvalue weighted by molar-refractivity contribution is 0.122. The van der Waals surface area contributed by atoms with Crippen LogP contribution in [0.4, 0.5) is 23.1 Å². The highest BCUT2D eigenvalue weighted by Crippen LogP contribution is 2.30. The second-order valence-corrected chi connectivity index (χ2v) is 8.11. The Labute approximate surface area is 190 Å². The third kappa shape index (κ3) is 4.22. The molecule has 9 heteroatoms. The lowest BCUT2D eigenvalue weighted by atomic mass is 10.1. The van der Waals surface area contributed by atoms with Gasteiger partial charge in [0, 0.05) is 36.4 Å². The van der Waals surface area contributed by atoms with E-state index in [-0.39, 0.29) is 11.5 Å². The summed E-state index contributed by atoms with van der Waals surface area (Å²) in [6, 6.07) is 11.7. The molecular formula is C24H25N7O2. The van der Waals surface area contributed by atoms with Crippen molar-refractivity contribution in [3.05, 3.63) is 64.2 Å². The number of benzene rings is 1. The Kier molecular flexibility index (Phi) is 5.39. The largest absolute Gasteiger partial charge is 0.378 e. The van der Waals surface area contributed by atoms with E-state index in [2.05, 4.69) is 44.2 Å². The van der Waals surface area contributed by atoms with Crippen LogP contribution in [0.3, 0.4) is 0 Å². The Morgan fingerprint density at radius 2 is 1.82 bits per heavy atom. The third-order valence-electron chi connectivity index (χ3n) is 5.70. The highest BCUT2D eigenvalue weighted by atomic mass is 16.5. The van der Waals surface area contributed by atoms with E-state index < -0.39 is 0 Å². The molecule has 0 atom stereocenters. The van der Waals surface area contributed by atoms with Crippen LogP contribution in [0.15, 0.2) is 47.4 Å². The van der Waals surface area contributed by atoms with Crippen molar-refractivity contribution < 1.29 is 4.74 Å². The van der Waals surface area contributed by atoms with Gasteiger partial charge in [0.1, 0.15) is 5.82 Å². The van der Waals surface area contributed by atoms with Crippen LogP contribution in [0.25, 0.3) is 22.2 Å². The summed E-state index contributed by atoms with van der Waals surface area (Å²) in [5, 5.41) is 4.58. The molecular weight excluding hydrogens is 418 g/mol. The standard InChI is InChI=1S/C24H25N7O2/c1-14-11-17(3-4-20(14)31-7-9-33-10-8-31)28-22-21-16(5-6-26-23(21)32)13-19(29-22)18-12-15(2)27-24(25)30-18/h3-6,11-13H,7-10H2,1-2H3,(H,26,32)(H,28,29)(H2,25,27,30). The molecule has 1 aromatic carbocycles. The minimum Gasteiger partial charge on any atom is -0.378 e. The van der Waals surface area contributed by atoms with E-state index in [1.54, 1.807) is 6.20 Å². The zero-order chi connectivity index (χ0) is 22.9. The first kappa shape index (κ1) is 20.9. The molecule has 0 unspecified atom stereocenters. The van der Waals surface area contributed by atoms with Crippen LogP contribution in [0.5, 0.6) is 0 Å². The number of nitrogen functional groups attached to an aromatic ring is 1. The number of aryl methyl sites for hydroxylation is 2. The normalized spacial score (nSPS) is 13.9. The van der Waals surface area contributed by atoms with E-state index in [9.17, 15) is 4.79 Å². The number of aromatic amines is 1. The zero-order valence-corrected chi connectivity index (χ0v) is 18.6. The van der Waals surface area contributed by atoms with Gasteiger partial charge in [0.2, 0.25) is 5.95 Å². The molecule has 1 fully saturated rings. The Balaban J connectivity index is 1.57. The van der Waals surface area contributed by atoms with E-state index in [0.29, 0.717) is 22.6 Å². The second-order valence-electron chi connectivity index (χ2n) is 8.11. The molecule has 0 amide bonds. The molecule has 3 aromatic heterocycles. The average Bonchev–Trinajstić information content (AvgIpc) is 2.79. The number of H-pyrrole nitrogens is 1. The summed E-state index contributed by atoms with van der Waals surface area (Å²) in [7, 11) is 0. The van der Waals surface area contributed by atoms with Crippen LogP contribution in [0.2, 0.25) is 0 Å². The molecule has 1 saturated heterocycles. The second kappa shape index (κ2) is 8.51. The third-order valence-corrected chi connectivity index (χ3v) is 5.70. The number of ether oxygens (including phenoxy) is 1. The number of anilines is 4. The first-order valence-corrected chi connectivity index (χ1v) is 10.8. The molecule has 0 aliphatic carbocycles. The summed E-state index contributed by atoms with van der Waals surface area (Å²) in [6.07, 6.45) is 1.62. The van der Waals surface area contributed by atoms with Gasteiger partial charge in [-0.15, -0.1) is 0 Å². The zero-order valence-electron chi connectivity index (χ0n) is 18.6. The fraction of sp³-hybridized carbons (Fsp3) is 0.250. The van der Waals surface area contributed by atoms with E-state index in [1.165, 1.54) is 5.69 Å². The minimum absolute atomic E-state index is 0.182. The highest BCUT2D eigenvalue weighted by Gasteiger charge is 2.16. The summed E-state index contributed by atoms with van der Waals surface area (Å²) >= 11 is 0. The molecule has 4 heterocycles. The van der Waals surface area contributed by atoms with Crippen LogP contribution in [0.1, 0.15) is 11.3 Å². The van der Waals surface area contributed by atoms with Gasteiger partial charge in [0.05, 0.1) is 30.0 Å². The first-order valence-electron chi connectivity index (χ1n) is 10.8. The summed E-state index contributed by atoms with van der Waals surface area (Å²) in [4.78, 5) is 31.0. The molecule has 5 rings (SSSR count). The predicted octanol–water partition coefficient (Wildman–Crippen LogP) is 3.16. The average molecular weight is 444 g/mol. The number of aromatic nitrogens is 4.